The van der Waals surface area contributed by atoms with Crippen LogP contribution in [0.15, 0.2) is 53.7 Å². The number of carbonyl (C=O) groups excluding carboxylic acids is 1. The molecule has 3 rings (SSSR count). The van der Waals surface area contributed by atoms with Gasteiger partial charge in [-0.25, -0.2) is 9.07 Å². The second kappa shape index (κ2) is 8.87. The topological polar surface area (TPSA) is 85.8 Å². The molecule has 3 aromatic rings. The van der Waals surface area contributed by atoms with Gasteiger partial charge in [0.05, 0.1) is 5.25 Å². The minimum absolute atomic E-state index is 0.0621. The van der Waals surface area contributed by atoms with Gasteiger partial charge < -0.3 is 11.2 Å². The smallest absolute Gasteiger partial charge is 0.233 e. The van der Waals surface area contributed by atoms with E-state index < -0.39 is 5.25 Å². The number of nitrogen functional groups attached to an aromatic ring is 1. The molecule has 3 N–H and O–H groups in total. The van der Waals surface area contributed by atoms with Gasteiger partial charge in [-0.2, -0.15) is 0 Å². The minimum atomic E-state index is -0.423. The summed E-state index contributed by atoms with van der Waals surface area (Å²) in [5, 5.41) is 11.2. The maximum absolute atomic E-state index is 13.0. The van der Waals surface area contributed by atoms with Crippen molar-refractivity contribution in [1.29, 1.82) is 0 Å². The predicted molar refractivity (Wildman–Crippen MR) is 118 cm³/mol. The van der Waals surface area contributed by atoms with Crippen LogP contribution in [0.25, 0.3) is 11.4 Å². The number of carbonyl (C=O) groups is 1. The zero-order chi connectivity index (χ0) is 21.9. The fraction of sp³-hybridized carbons (Fsp3) is 0.318. The summed E-state index contributed by atoms with van der Waals surface area (Å²) >= 11 is 1.23. The Kier molecular flexibility index (Phi) is 6.45. The second-order valence-corrected chi connectivity index (χ2v) is 9.42. The molecule has 0 bridgehead atoms. The van der Waals surface area contributed by atoms with Crippen LogP contribution in [-0.4, -0.2) is 26.0 Å². The van der Waals surface area contributed by atoms with Gasteiger partial charge in [0.2, 0.25) is 11.1 Å². The maximum Gasteiger partial charge on any atom is 0.233 e. The summed E-state index contributed by atoms with van der Waals surface area (Å²) in [5.41, 5.74) is 2.96. The number of hydrogen-bond acceptors (Lipinski definition) is 5. The van der Waals surface area contributed by atoms with E-state index in [-0.39, 0.29) is 17.1 Å². The zero-order valence-electron chi connectivity index (χ0n) is 17.5. The monoisotopic (exact) mass is 427 g/mol. The van der Waals surface area contributed by atoms with Gasteiger partial charge in [0.25, 0.3) is 0 Å². The highest BCUT2D eigenvalue weighted by atomic mass is 32.2. The summed E-state index contributed by atoms with van der Waals surface area (Å²) < 4.78 is 14.4. The first-order valence-corrected chi connectivity index (χ1v) is 10.5. The number of nitrogens with zero attached hydrogens (tertiary/aromatic N) is 3. The molecular weight excluding hydrogens is 401 g/mol. The molecule has 8 heteroatoms. The predicted octanol–water partition coefficient (Wildman–Crippen LogP) is 3.89. The van der Waals surface area contributed by atoms with Gasteiger partial charge in [-0.05, 0) is 35.6 Å². The Labute approximate surface area is 180 Å². The molecule has 0 radical (unpaired) electrons. The van der Waals surface area contributed by atoms with Gasteiger partial charge in [-0.15, -0.1) is 10.2 Å². The molecule has 0 aliphatic rings. The van der Waals surface area contributed by atoms with Crippen molar-refractivity contribution < 1.29 is 9.18 Å². The van der Waals surface area contributed by atoms with Crippen LogP contribution in [0.5, 0.6) is 0 Å². The van der Waals surface area contributed by atoms with E-state index in [0.717, 1.165) is 11.1 Å². The first-order valence-electron chi connectivity index (χ1n) is 9.65. The normalized spacial score (nSPS) is 12.6. The first-order chi connectivity index (χ1) is 14.1. The van der Waals surface area contributed by atoms with Gasteiger partial charge >= 0.3 is 0 Å². The summed E-state index contributed by atoms with van der Waals surface area (Å²) in [6.07, 6.45) is 0. The number of halogens is 1. The molecule has 2 aromatic carbocycles. The minimum Gasteiger partial charge on any atom is -0.351 e. The SMILES string of the molecule is CC(Sc1nnc(-c2ccc(C(C)(C)C)cc2)n1N)C(=O)NCc1ccc(F)cc1. The molecule has 1 amide bonds. The van der Waals surface area contributed by atoms with Crippen molar-refractivity contribution in [3.8, 4) is 11.4 Å². The molecule has 0 spiro atoms. The molecule has 158 valence electrons. The Balaban J connectivity index is 1.63. The van der Waals surface area contributed by atoms with Crippen LogP contribution in [0, 0.1) is 5.82 Å². The van der Waals surface area contributed by atoms with E-state index in [1.807, 2.05) is 12.1 Å². The molecule has 0 fully saturated rings. The molecular formula is C22H26FN5OS. The molecule has 1 aromatic heterocycles. The lowest BCUT2D eigenvalue weighted by molar-refractivity contribution is -0.120. The van der Waals surface area contributed by atoms with Gasteiger partial charge in [-0.3, -0.25) is 4.79 Å². The third kappa shape index (κ3) is 5.18. The van der Waals surface area contributed by atoms with E-state index in [1.165, 1.54) is 34.1 Å². The van der Waals surface area contributed by atoms with Gasteiger partial charge in [0.15, 0.2) is 5.82 Å². The van der Waals surface area contributed by atoms with Crippen molar-refractivity contribution in [2.24, 2.45) is 0 Å². The Bertz CT molecular complexity index is 1010. The summed E-state index contributed by atoms with van der Waals surface area (Å²) in [5.74, 6) is 6.26. The van der Waals surface area contributed by atoms with Gasteiger partial charge in [0.1, 0.15) is 5.82 Å². The number of hydrogen-bond donors (Lipinski definition) is 2. The summed E-state index contributed by atoms with van der Waals surface area (Å²) in [6.45, 7) is 8.57. The number of nitrogens with one attached hydrogen (secondary N) is 1. The number of benzene rings is 2. The van der Waals surface area contributed by atoms with Crippen LogP contribution in [0.3, 0.4) is 0 Å². The fourth-order valence-corrected chi connectivity index (χ4v) is 3.61. The average molecular weight is 428 g/mol. The van der Waals surface area contributed by atoms with Crippen LogP contribution in [0.4, 0.5) is 4.39 Å². The summed E-state index contributed by atoms with van der Waals surface area (Å²) in [6, 6.07) is 14.1. The third-order valence-electron chi connectivity index (χ3n) is 4.71. The second-order valence-electron chi connectivity index (χ2n) is 8.11. The molecule has 0 saturated carbocycles. The molecule has 0 aliphatic carbocycles. The van der Waals surface area contributed by atoms with Crippen LogP contribution in [0.1, 0.15) is 38.8 Å². The maximum atomic E-state index is 13.0. The van der Waals surface area contributed by atoms with Crippen molar-refractivity contribution in [2.45, 2.75) is 50.1 Å². The Morgan fingerprint density at radius 3 is 2.37 bits per heavy atom. The third-order valence-corrected chi connectivity index (χ3v) is 5.76. The molecule has 0 saturated heterocycles. The lowest BCUT2D eigenvalue weighted by Crippen LogP contribution is -2.30. The van der Waals surface area contributed by atoms with E-state index in [9.17, 15) is 9.18 Å². The van der Waals surface area contributed by atoms with Crippen LogP contribution < -0.4 is 11.2 Å². The standard InChI is InChI=1S/C22H26FN5OS/c1-14(20(29)25-13-15-5-11-18(23)12-6-15)30-21-27-26-19(28(21)24)16-7-9-17(10-8-16)22(2,3)4/h5-12,14H,13,24H2,1-4H3,(H,25,29). The summed E-state index contributed by atoms with van der Waals surface area (Å²) in [7, 11) is 0. The molecule has 1 atom stereocenters. The zero-order valence-corrected chi connectivity index (χ0v) is 18.3. The number of rotatable bonds is 6. The number of nitrogens with two attached hydrogens (primary N) is 1. The van der Waals surface area contributed by atoms with E-state index in [1.54, 1.807) is 19.1 Å². The van der Waals surface area contributed by atoms with Crippen molar-refractivity contribution in [2.75, 3.05) is 5.84 Å². The molecule has 6 nitrogen and oxygen atoms in total. The highest BCUT2D eigenvalue weighted by Crippen LogP contribution is 2.27. The molecule has 1 heterocycles. The highest BCUT2D eigenvalue weighted by Gasteiger charge is 2.20. The quantitative estimate of drug-likeness (QED) is 0.460. The van der Waals surface area contributed by atoms with Gasteiger partial charge in [0, 0.05) is 12.1 Å². The van der Waals surface area contributed by atoms with Crippen LogP contribution >= 0.6 is 11.8 Å². The van der Waals surface area contributed by atoms with Gasteiger partial charge in [-0.1, -0.05) is 68.9 Å². The van der Waals surface area contributed by atoms with Crippen molar-refractivity contribution in [3.63, 3.8) is 0 Å². The van der Waals surface area contributed by atoms with Crippen molar-refractivity contribution in [3.05, 3.63) is 65.5 Å². The molecule has 1 unspecified atom stereocenters. The number of amides is 1. The largest absolute Gasteiger partial charge is 0.351 e. The first kappa shape index (κ1) is 21.8. The summed E-state index contributed by atoms with van der Waals surface area (Å²) in [4.78, 5) is 12.4. The average Bonchev–Trinajstić information content (AvgIpc) is 3.07. The Morgan fingerprint density at radius 1 is 1.13 bits per heavy atom. The van der Waals surface area contributed by atoms with Crippen molar-refractivity contribution in [1.82, 2.24) is 20.2 Å². The highest BCUT2D eigenvalue weighted by molar-refractivity contribution is 8.00. The van der Waals surface area contributed by atoms with E-state index in [4.69, 9.17) is 5.84 Å². The molecule has 30 heavy (non-hydrogen) atoms. The Morgan fingerprint density at radius 2 is 1.77 bits per heavy atom. The van der Waals surface area contributed by atoms with E-state index in [0.29, 0.717) is 17.5 Å². The fourth-order valence-electron chi connectivity index (χ4n) is 2.82. The van der Waals surface area contributed by atoms with Crippen LogP contribution in [0.2, 0.25) is 0 Å². The number of thioether (sulfide) groups is 1. The molecule has 0 aliphatic heterocycles. The lowest BCUT2D eigenvalue weighted by Gasteiger charge is -2.19. The number of aromatic nitrogens is 3. The lowest BCUT2D eigenvalue weighted by atomic mass is 9.87. The van der Waals surface area contributed by atoms with E-state index in [2.05, 4.69) is 48.4 Å². The van der Waals surface area contributed by atoms with E-state index >= 15 is 0 Å². The Hall–Kier alpha value is -2.87. The van der Waals surface area contributed by atoms with Crippen molar-refractivity contribution >= 4 is 17.7 Å². The van der Waals surface area contributed by atoms with Crippen LogP contribution in [-0.2, 0) is 16.8 Å².